The standard InChI is InChI=1S/C12H11F3N2/c13-12(14,15)8-17-11(7-16)5-9-3-1-2-4-10(9)6-11/h1-4,17H,5-6,8H2. The molecule has 1 aromatic carbocycles. The maximum atomic E-state index is 12.2. The first kappa shape index (κ1) is 11.9. The summed E-state index contributed by atoms with van der Waals surface area (Å²) in [6, 6.07) is 9.35. The van der Waals surface area contributed by atoms with Crippen LogP contribution in [-0.2, 0) is 12.8 Å². The zero-order valence-corrected chi connectivity index (χ0v) is 9.01. The van der Waals surface area contributed by atoms with Crippen LogP contribution in [0.3, 0.4) is 0 Å². The van der Waals surface area contributed by atoms with Crippen LogP contribution in [0, 0.1) is 11.3 Å². The van der Waals surface area contributed by atoms with Crippen LogP contribution in [0.2, 0.25) is 0 Å². The normalized spacial score (nSPS) is 17.5. The molecule has 0 amide bonds. The van der Waals surface area contributed by atoms with E-state index in [0.717, 1.165) is 11.1 Å². The summed E-state index contributed by atoms with van der Waals surface area (Å²) in [6.07, 6.45) is -3.63. The summed E-state index contributed by atoms with van der Waals surface area (Å²) in [5.41, 5.74) is 0.784. The van der Waals surface area contributed by atoms with Gasteiger partial charge in [0.05, 0.1) is 12.6 Å². The Labute approximate surface area is 97.1 Å². The highest BCUT2D eigenvalue weighted by atomic mass is 19.4. The Morgan fingerprint density at radius 3 is 2.18 bits per heavy atom. The van der Waals surface area contributed by atoms with E-state index in [9.17, 15) is 13.2 Å². The summed E-state index contributed by atoms with van der Waals surface area (Å²) in [7, 11) is 0. The third-order valence-corrected chi connectivity index (χ3v) is 2.94. The number of alkyl halides is 3. The third-order valence-electron chi connectivity index (χ3n) is 2.94. The molecular formula is C12H11F3N2. The van der Waals surface area contributed by atoms with Crippen molar-refractivity contribution in [3.63, 3.8) is 0 Å². The van der Waals surface area contributed by atoms with Crippen LogP contribution in [0.5, 0.6) is 0 Å². The van der Waals surface area contributed by atoms with E-state index in [2.05, 4.69) is 5.32 Å². The predicted molar refractivity (Wildman–Crippen MR) is 56.3 cm³/mol. The molecule has 0 bridgehead atoms. The molecule has 0 atom stereocenters. The average molecular weight is 240 g/mol. The van der Waals surface area contributed by atoms with Gasteiger partial charge in [0.2, 0.25) is 0 Å². The SMILES string of the molecule is N#CC1(NCC(F)(F)F)Cc2ccccc2C1. The summed E-state index contributed by atoms with van der Waals surface area (Å²) >= 11 is 0. The number of benzene rings is 1. The largest absolute Gasteiger partial charge is 0.401 e. The number of hydrogen-bond donors (Lipinski definition) is 1. The van der Waals surface area contributed by atoms with Crippen molar-refractivity contribution in [2.75, 3.05) is 6.54 Å². The molecule has 17 heavy (non-hydrogen) atoms. The van der Waals surface area contributed by atoms with E-state index in [-0.39, 0.29) is 0 Å². The summed E-state index contributed by atoms with van der Waals surface area (Å²) in [5.74, 6) is 0. The molecule has 1 N–H and O–H groups in total. The zero-order chi connectivity index (χ0) is 12.5. The number of nitriles is 1. The van der Waals surface area contributed by atoms with Gasteiger partial charge in [0, 0.05) is 12.8 Å². The van der Waals surface area contributed by atoms with Gasteiger partial charge < -0.3 is 0 Å². The Hall–Kier alpha value is -1.54. The van der Waals surface area contributed by atoms with Gasteiger partial charge in [-0.05, 0) is 11.1 Å². The Morgan fingerprint density at radius 1 is 1.24 bits per heavy atom. The molecule has 0 radical (unpaired) electrons. The smallest absolute Gasteiger partial charge is 0.290 e. The number of nitrogens with one attached hydrogen (secondary N) is 1. The minimum Gasteiger partial charge on any atom is -0.290 e. The van der Waals surface area contributed by atoms with Crippen molar-refractivity contribution in [3.8, 4) is 6.07 Å². The molecule has 2 nitrogen and oxygen atoms in total. The van der Waals surface area contributed by atoms with Crippen molar-refractivity contribution in [1.29, 1.82) is 5.26 Å². The van der Waals surface area contributed by atoms with Crippen molar-refractivity contribution in [3.05, 3.63) is 35.4 Å². The number of nitrogens with zero attached hydrogens (tertiary/aromatic N) is 1. The molecule has 0 saturated carbocycles. The molecule has 1 aliphatic rings. The molecule has 90 valence electrons. The van der Waals surface area contributed by atoms with Gasteiger partial charge in [0.25, 0.3) is 0 Å². The lowest BCUT2D eigenvalue weighted by Crippen LogP contribution is -2.48. The number of hydrogen-bond acceptors (Lipinski definition) is 2. The molecule has 0 aromatic heterocycles. The molecular weight excluding hydrogens is 229 g/mol. The highest BCUT2D eigenvalue weighted by Crippen LogP contribution is 2.30. The van der Waals surface area contributed by atoms with Gasteiger partial charge in [0.15, 0.2) is 0 Å². The number of halogens is 3. The molecule has 2 rings (SSSR count). The predicted octanol–water partition coefficient (Wildman–Crippen LogP) is 2.20. The topological polar surface area (TPSA) is 35.8 Å². The van der Waals surface area contributed by atoms with Crippen molar-refractivity contribution in [2.45, 2.75) is 24.6 Å². The fourth-order valence-corrected chi connectivity index (χ4v) is 2.13. The second kappa shape index (κ2) is 4.04. The first-order valence-electron chi connectivity index (χ1n) is 5.24. The lowest BCUT2D eigenvalue weighted by molar-refractivity contribution is -0.127. The van der Waals surface area contributed by atoms with Crippen LogP contribution in [0.15, 0.2) is 24.3 Å². The Kier molecular flexibility index (Phi) is 2.84. The van der Waals surface area contributed by atoms with E-state index in [0.29, 0.717) is 12.8 Å². The number of rotatable bonds is 2. The quantitative estimate of drug-likeness (QED) is 0.860. The van der Waals surface area contributed by atoms with Gasteiger partial charge in [-0.15, -0.1) is 0 Å². The van der Waals surface area contributed by atoms with Crippen LogP contribution < -0.4 is 5.32 Å². The average Bonchev–Trinajstić information content (AvgIpc) is 2.65. The highest BCUT2D eigenvalue weighted by Gasteiger charge is 2.40. The third kappa shape index (κ3) is 2.59. The molecule has 1 aromatic rings. The minimum atomic E-state index is -4.29. The lowest BCUT2D eigenvalue weighted by atomic mass is 9.98. The van der Waals surface area contributed by atoms with E-state index < -0.39 is 18.3 Å². The van der Waals surface area contributed by atoms with Gasteiger partial charge in [-0.2, -0.15) is 18.4 Å². The summed E-state index contributed by atoms with van der Waals surface area (Å²) < 4.78 is 36.5. The highest BCUT2D eigenvalue weighted by molar-refractivity contribution is 5.39. The van der Waals surface area contributed by atoms with Crippen molar-refractivity contribution in [2.24, 2.45) is 0 Å². The van der Waals surface area contributed by atoms with Crippen LogP contribution in [0.1, 0.15) is 11.1 Å². The van der Waals surface area contributed by atoms with Crippen LogP contribution in [-0.4, -0.2) is 18.3 Å². The molecule has 0 spiro atoms. The minimum absolute atomic E-state index is 0.329. The van der Waals surface area contributed by atoms with Gasteiger partial charge in [-0.25, -0.2) is 0 Å². The first-order valence-corrected chi connectivity index (χ1v) is 5.24. The zero-order valence-electron chi connectivity index (χ0n) is 9.01. The molecule has 0 aliphatic heterocycles. The summed E-state index contributed by atoms with van der Waals surface area (Å²) in [6.45, 7) is -1.13. The van der Waals surface area contributed by atoms with Gasteiger partial charge >= 0.3 is 6.18 Å². The van der Waals surface area contributed by atoms with Gasteiger partial charge in [-0.3, -0.25) is 5.32 Å². The molecule has 0 saturated heterocycles. The second-order valence-corrected chi connectivity index (χ2v) is 4.28. The first-order chi connectivity index (χ1) is 7.94. The van der Waals surface area contributed by atoms with Crippen LogP contribution >= 0.6 is 0 Å². The fourth-order valence-electron chi connectivity index (χ4n) is 2.13. The maximum Gasteiger partial charge on any atom is 0.401 e. The van der Waals surface area contributed by atoms with Gasteiger partial charge in [0.1, 0.15) is 5.54 Å². The lowest BCUT2D eigenvalue weighted by Gasteiger charge is -2.23. The Balaban J connectivity index is 2.13. The van der Waals surface area contributed by atoms with Crippen LogP contribution in [0.25, 0.3) is 0 Å². The Morgan fingerprint density at radius 2 is 1.76 bits per heavy atom. The van der Waals surface area contributed by atoms with E-state index >= 15 is 0 Å². The van der Waals surface area contributed by atoms with Crippen molar-refractivity contribution >= 4 is 0 Å². The van der Waals surface area contributed by atoms with Crippen molar-refractivity contribution < 1.29 is 13.2 Å². The monoisotopic (exact) mass is 240 g/mol. The molecule has 0 fully saturated rings. The number of fused-ring (bicyclic) bond motifs is 1. The Bertz CT molecular complexity index is 435. The molecule has 0 unspecified atom stereocenters. The van der Waals surface area contributed by atoms with E-state index in [1.807, 2.05) is 30.3 Å². The van der Waals surface area contributed by atoms with E-state index in [1.165, 1.54) is 0 Å². The molecule has 5 heteroatoms. The maximum absolute atomic E-state index is 12.2. The molecule has 1 aliphatic carbocycles. The fraction of sp³-hybridized carbons (Fsp3) is 0.417. The van der Waals surface area contributed by atoms with Crippen molar-refractivity contribution in [1.82, 2.24) is 5.32 Å². The van der Waals surface area contributed by atoms with Crippen LogP contribution in [0.4, 0.5) is 13.2 Å². The molecule has 0 heterocycles. The second-order valence-electron chi connectivity index (χ2n) is 4.28. The summed E-state index contributed by atoms with van der Waals surface area (Å²) in [4.78, 5) is 0. The van der Waals surface area contributed by atoms with E-state index in [1.54, 1.807) is 0 Å². The van der Waals surface area contributed by atoms with Gasteiger partial charge in [-0.1, -0.05) is 24.3 Å². The summed E-state index contributed by atoms with van der Waals surface area (Å²) in [5, 5.41) is 11.5. The van der Waals surface area contributed by atoms with E-state index in [4.69, 9.17) is 5.26 Å².